The SMILES string of the molecule is O=C(CNC(=O)C(F)F)c1cnc(CC2(c3c(F)cccc3F)CCC2)nc1. The highest BCUT2D eigenvalue weighted by molar-refractivity contribution is 5.99. The van der Waals surface area contributed by atoms with Crippen LogP contribution in [0.25, 0.3) is 0 Å². The number of hydrogen-bond acceptors (Lipinski definition) is 4. The topological polar surface area (TPSA) is 72.0 Å². The third-order valence-corrected chi connectivity index (χ3v) is 4.95. The molecule has 0 aliphatic heterocycles. The fourth-order valence-corrected chi connectivity index (χ4v) is 3.36. The van der Waals surface area contributed by atoms with Crippen molar-refractivity contribution in [3.05, 3.63) is 59.2 Å². The average Bonchev–Trinajstić information content (AvgIpc) is 2.63. The first kappa shape index (κ1) is 19.9. The third kappa shape index (κ3) is 4.02. The van der Waals surface area contributed by atoms with E-state index in [1.54, 1.807) is 0 Å². The fourth-order valence-electron chi connectivity index (χ4n) is 3.36. The molecule has 1 aromatic heterocycles. The number of ketones is 1. The van der Waals surface area contributed by atoms with Crippen molar-refractivity contribution in [3.8, 4) is 0 Å². The molecule has 3 rings (SSSR count). The number of benzene rings is 1. The van der Waals surface area contributed by atoms with E-state index in [0.29, 0.717) is 18.7 Å². The Labute approximate surface area is 158 Å². The van der Waals surface area contributed by atoms with E-state index in [1.807, 2.05) is 5.32 Å². The molecule has 0 unspecified atom stereocenters. The van der Waals surface area contributed by atoms with E-state index in [1.165, 1.54) is 30.6 Å². The van der Waals surface area contributed by atoms with Crippen LogP contribution in [0, 0.1) is 11.6 Å². The van der Waals surface area contributed by atoms with Crippen LogP contribution < -0.4 is 5.32 Å². The maximum Gasteiger partial charge on any atom is 0.315 e. The molecular formula is C19H17F4N3O2. The molecule has 148 valence electrons. The molecule has 1 aliphatic carbocycles. The first-order chi connectivity index (χ1) is 13.3. The maximum atomic E-state index is 14.2. The molecule has 0 spiro atoms. The fraction of sp³-hybridized carbons (Fsp3) is 0.368. The van der Waals surface area contributed by atoms with Gasteiger partial charge in [-0.3, -0.25) is 9.59 Å². The van der Waals surface area contributed by atoms with E-state index in [9.17, 15) is 27.2 Å². The average molecular weight is 395 g/mol. The molecule has 1 amide bonds. The van der Waals surface area contributed by atoms with Gasteiger partial charge in [0, 0.05) is 29.8 Å². The van der Waals surface area contributed by atoms with Gasteiger partial charge in [0.15, 0.2) is 5.78 Å². The zero-order valence-corrected chi connectivity index (χ0v) is 14.7. The van der Waals surface area contributed by atoms with Gasteiger partial charge >= 0.3 is 6.43 Å². The normalized spacial score (nSPS) is 15.2. The molecule has 0 atom stereocenters. The molecule has 2 aromatic rings. The summed E-state index contributed by atoms with van der Waals surface area (Å²) < 4.78 is 52.7. The van der Waals surface area contributed by atoms with Crippen LogP contribution in [0.4, 0.5) is 17.6 Å². The van der Waals surface area contributed by atoms with Crippen molar-refractivity contribution in [2.75, 3.05) is 6.54 Å². The molecule has 1 heterocycles. The summed E-state index contributed by atoms with van der Waals surface area (Å²) in [4.78, 5) is 30.9. The lowest BCUT2D eigenvalue weighted by Crippen LogP contribution is -2.39. The first-order valence-electron chi connectivity index (χ1n) is 8.67. The van der Waals surface area contributed by atoms with Gasteiger partial charge in [-0.25, -0.2) is 18.7 Å². The van der Waals surface area contributed by atoms with E-state index in [4.69, 9.17) is 0 Å². The summed E-state index contributed by atoms with van der Waals surface area (Å²) in [6.07, 6.45) is 1.44. The number of carbonyl (C=O) groups is 2. The molecule has 1 N–H and O–H groups in total. The van der Waals surface area contributed by atoms with Crippen LogP contribution in [0.3, 0.4) is 0 Å². The number of nitrogens with zero attached hydrogens (tertiary/aromatic N) is 2. The van der Waals surface area contributed by atoms with Crippen LogP contribution in [0.1, 0.15) is 41.0 Å². The highest BCUT2D eigenvalue weighted by atomic mass is 19.3. The smallest absolute Gasteiger partial charge is 0.315 e. The van der Waals surface area contributed by atoms with Gasteiger partial charge in [-0.05, 0) is 25.0 Å². The number of hydrogen-bond donors (Lipinski definition) is 1. The molecule has 9 heteroatoms. The summed E-state index contributed by atoms with van der Waals surface area (Å²) in [6.45, 7) is -0.601. The minimum atomic E-state index is -3.20. The number of nitrogens with one attached hydrogen (secondary N) is 1. The summed E-state index contributed by atoms with van der Waals surface area (Å²) in [5, 5.41) is 1.81. The second-order valence-electron chi connectivity index (χ2n) is 6.74. The molecule has 1 aliphatic rings. The van der Waals surface area contributed by atoms with Crippen molar-refractivity contribution in [1.29, 1.82) is 0 Å². The Balaban J connectivity index is 1.71. The summed E-state index contributed by atoms with van der Waals surface area (Å²) in [5.74, 6) is -3.07. The van der Waals surface area contributed by atoms with Gasteiger partial charge in [0.2, 0.25) is 0 Å². The van der Waals surface area contributed by atoms with Crippen LogP contribution in [-0.2, 0) is 16.6 Å². The standard InChI is InChI=1S/C19H17F4N3O2/c20-12-3-1-4-13(21)16(12)19(5-2-6-19)7-15-24-8-11(9-25-15)14(27)10-26-18(28)17(22)23/h1,3-4,8-9,17H,2,5-7,10H2,(H,26,28). The van der Waals surface area contributed by atoms with Crippen LogP contribution in [-0.4, -0.2) is 34.6 Å². The number of halogens is 4. The van der Waals surface area contributed by atoms with Gasteiger partial charge < -0.3 is 5.32 Å². The van der Waals surface area contributed by atoms with Crippen LogP contribution in [0.15, 0.2) is 30.6 Å². The predicted octanol–water partition coefficient (Wildman–Crippen LogP) is 2.98. The summed E-state index contributed by atoms with van der Waals surface area (Å²) in [5.41, 5.74) is -0.663. The quantitative estimate of drug-likeness (QED) is 0.578. The van der Waals surface area contributed by atoms with Gasteiger partial charge in [0.1, 0.15) is 17.5 Å². The number of alkyl halides is 2. The van der Waals surface area contributed by atoms with E-state index in [-0.39, 0.29) is 17.5 Å². The van der Waals surface area contributed by atoms with Crippen molar-refractivity contribution in [2.24, 2.45) is 0 Å². The summed E-state index contributed by atoms with van der Waals surface area (Å²) in [7, 11) is 0. The Morgan fingerprint density at radius 1 is 1.11 bits per heavy atom. The van der Waals surface area contributed by atoms with Crippen molar-refractivity contribution in [3.63, 3.8) is 0 Å². The summed E-state index contributed by atoms with van der Waals surface area (Å²) >= 11 is 0. The van der Waals surface area contributed by atoms with E-state index >= 15 is 0 Å². The first-order valence-corrected chi connectivity index (χ1v) is 8.67. The second kappa shape index (κ2) is 8.04. The number of Topliss-reactive ketones (excluding diaryl/α,β-unsaturated/α-hetero) is 1. The predicted molar refractivity (Wildman–Crippen MR) is 91.0 cm³/mol. The van der Waals surface area contributed by atoms with E-state index in [0.717, 1.165) is 6.42 Å². The molecule has 1 aromatic carbocycles. The molecule has 0 radical (unpaired) electrons. The Morgan fingerprint density at radius 2 is 1.71 bits per heavy atom. The molecule has 0 saturated heterocycles. The minimum absolute atomic E-state index is 0.0275. The molecule has 1 fully saturated rings. The zero-order chi connectivity index (χ0) is 20.3. The third-order valence-electron chi connectivity index (χ3n) is 4.95. The monoisotopic (exact) mass is 395 g/mol. The van der Waals surface area contributed by atoms with Crippen LogP contribution in [0.2, 0.25) is 0 Å². The van der Waals surface area contributed by atoms with E-state index in [2.05, 4.69) is 9.97 Å². The van der Waals surface area contributed by atoms with Crippen LogP contribution in [0.5, 0.6) is 0 Å². The van der Waals surface area contributed by atoms with Crippen molar-refractivity contribution in [1.82, 2.24) is 15.3 Å². The van der Waals surface area contributed by atoms with Gasteiger partial charge in [0.05, 0.1) is 12.1 Å². The minimum Gasteiger partial charge on any atom is -0.344 e. The van der Waals surface area contributed by atoms with Gasteiger partial charge in [-0.2, -0.15) is 8.78 Å². The Bertz CT molecular complexity index is 863. The van der Waals surface area contributed by atoms with Gasteiger partial charge in [-0.1, -0.05) is 12.5 Å². The van der Waals surface area contributed by atoms with Crippen molar-refractivity contribution >= 4 is 11.7 Å². The summed E-state index contributed by atoms with van der Waals surface area (Å²) in [6, 6.07) is 3.74. The second-order valence-corrected chi connectivity index (χ2v) is 6.74. The number of carbonyl (C=O) groups excluding carboxylic acids is 2. The van der Waals surface area contributed by atoms with E-state index < -0.39 is 41.7 Å². The molecule has 0 bridgehead atoms. The number of amides is 1. The largest absolute Gasteiger partial charge is 0.344 e. The lowest BCUT2D eigenvalue weighted by molar-refractivity contribution is -0.131. The Kier molecular flexibility index (Phi) is 5.71. The Morgan fingerprint density at radius 3 is 2.21 bits per heavy atom. The molecule has 1 saturated carbocycles. The molecule has 5 nitrogen and oxygen atoms in total. The molecular weight excluding hydrogens is 378 g/mol. The number of aromatic nitrogens is 2. The number of rotatable bonds is 7. The maximum absolute atomic E-state index is 14.2. The zero-order valence-electron chi connectivity index (χ0n) is 14.7. The van der Waals surface area contributed by atoms with Gasteiger partial charge in [-0.15, -0.1) is 0 Å². The van der Waals surface area contributed by atoms with Crippen LogP contribution >= 0.6 is 0 Å². The highest BCUT2D eigenvalue weighted by Gasteiger charge is 2.43. The molecule has 28 heavy (non-hydrogen) atoms. The van der Waals surface area contributed by atoms with Crippen molar-refractivity contribution in [2.45, 2.75) is 37.5 Å². The highest BCUT2D eigenvalue weighted by Crippen LogP contribution is 2.47. The Hall–Kier alpha value is -2.84. The lowest BCUT2D eigenvalue weighted by Gasteiger charge is -2.42. The van der Waals surface area contributed by atoms with Gasteiger partial charge in [0.25, 0.3) is 5.91 Å². The lowest BCUT2D eigenvalue weighted by atomic mass is 9.62. The van der Waals surface area contributed by atoms with Crippen molar-refractivity contribution < 1.29 is 27.2 Å².